The van der Waals surface area contributed by atoms with Crippen molar-refractivity contribution in [1.82, 2.24) is 5.32 Å². The highest BCUT2D eigenvalue weighted by atomic mass is 35.5. The van der Waals surface area contributed by atoms with Crippen LogP contribution in [-0.4, -0.2) is 17.8 Å². The summed E-state index contributed by atoms with van der Waals surface area (Å²) >= 11 is 5.89. The van der Waals surface area contributed by atoms with Gasteiger partial charge in [0.25, 0.3) is 0 Å². The molecule has 0 bridgehead atoms. The molecule has 2 aromatic carbocycles. The summed E-state index contributed by atoms with van der Waals surface area (Å²) in [5, 5.41) is 13.8. The van der Waals surface area contributed by atoms with Crippen LogP contribution in [0.5, 0.6) is 0 Å². The number of aliphatic hydroxyl groups is 1. The van der Waals surface area contributed by atoms with Crippen LogP contribution in [0.1, 0.15) is 24.1 Å². The fraction of sp³-hybridized carbons (Fsp3) is 0.294. The summed E-state index contributed by atoms with van der Waals surface area (Å²) in [4.78, 5) is 0. The largest absolute Gasteiger partial charge is 0.394 e. The SMILES string of the molecule is CC(Cc1ccc(Cl)cc1)N[C@H](CO)c1ccccc1. The van der Waals surface area contributed by atoms with Crippen LogP contribution >= 0.6 is 11.6 Å². The summed E-state index contributed by atoms with van der Waals surface area (Å²) in [5.41, 5.74) is 2.34. The highest BCUT2D eigenvalue weighted by Gasteiger charge is 2.13. The van der Waals surface area contributed by atoms with Gasteiger partial charge in [-0.15, -0.1) is 0 Å². The number of aliphatic hydroxyl groups excluding tert-OH is 1. The van der Waals surface area contributed by atoms with Crippen LogP contribution in [0.2, 0.25) is 5.02 Å². The maximum Gasteiger partial charge on any atom is 0.0626 e. The zero-order chi connectivity index (χ0) is 14.4. The van der Waals surface area contributed by atoms with Crippen molar-refractivity contribution in [2.24, 2.45) is 0 Å². The van der Waals surface area contributed by atoms with Gasteiger partial charge in [0.05, 0.1) is 12.6 Å². The van der Waals surface area contributed by atoms with Gasteiger partial charge in [0, 0.05) is 11.1 Å². The van der Waals surface area contributed by atoms with Crippen molar-refractivity contribution in [2.75, 3.05) is 6.61 Å². The first-order chi connectivity index (χ1) is 9.69. The standard InChI is InChI=1S/C17H20ClNO/c1-13(11-14-7-9-16(18)10-8-14)19-17(12-20)15-5-3-2-4-6-15/h2-10,13,17,19-20H,11-12H2,1H3/t13?,17-/m1/s1. The molecule has 0 aliphatic carbocycles. The second-order valence-corrected chi connectivity index (χ2v) is 5.48. The van der Waals surface area contributed by atoms with E-state index >= 15 is 0 Å². The van der Waals surface area contributed by atoms with Crippen molar-refractivity contribution in [1.29, 1.82) is 0 Å². The van der Waals surface area contributed by atoms with Gasteiger partial charge in [-0.3, -0.25) is 0 Å². The minimum atomic E-state index is -0.0292. The highest BCUT2D eigenvalue weighted by molar-refractivity contribution is 6.30. The van der Waals surface area contributed by atoms with Crippen molar-refractivity contribution in [3.63, 3.8) is 0 Å². The van der Waals surface area contributed by atoms with Gasteiger partial charge in [0.1, 0.15) is 0 Å². The van der Waals surface area contributed by atoms with Crippen LogP contribution < -0.4 is 5.32 Å². The Bertz CT molecular complexity index is 512. The highest BCUT2D eigenvalue weighted by Crippen LogP contribution is 2.15. The van der Waals surface area contributed by atoms with E-state index in [9.17, 15) is 5.11 Å². The Hall–Kier alpha value is -1.35. The normalized spacial score (nSPS) is 13.9. The van der Waals surface area contributed by atoms with Crippen LogP contribution in [0.3, 0.4) is 0 Å². The van der Waals surface area contributed by atoms with Gasteiger partial charge < -0.3 is 10.4 Å². The molecule has 2 atom stereocenters. The van der Waals surface area contributed by atoms with Crippen molar-refractivity contribution < 1.29 is 5.11 Å². The molecule has 106 valence electrons. The van der Waals surface area contributed by atoms with Crippen LogP contribution in [0, 0.1) is 0 Å². The average molecular weight is 290 g/mol. The Morgan fingerprint density at radius 2 is 1.70 bits per heavy atom. The van der Waals surface area contributed by atoms with Gasteiger partial charge in [0.2, 0.25) is 0 Å². The van der Waals surface area contributed by atoms with Gasteiger partial charge >= 0.3 is 0 Å². The summed E-state index contributed by atoms with van der Waals surface area (Å²) in [7, 11) is 0. The number of hydrogen-bond acceptors (Lipinski definition) is 2. The molecule has 0 heterocycles. The molecule has 1 unspecified atom stereocenters. The number of rotatable bonds is 6. The van der Waals surface area contributed by atoms with E-state index in [-0.39, 0.29) is 18.7 Å². The fourth-order valence-corrected chi connectivity index (χ4v) is 2.44. The first kappa shape index (κ1) is 15.0. The third kappa shape index (κ3) is 4.34. The number of benzene rings is 2. The molecular formula is C17H20ClNO. The lowest BCUT2D eigenvalue weighted by Gasteiger charge is -2.22. The Kier molecular flexibility index (Phi) is 5.60. The van der Waals surface area contributed by atoms with Crippen LogP contribution in [0.15, 0.2) is 54.6 Å². The first-order valence-electron chi connectivity index (χ1n) is 6.85. The Labute approximate surface area is 125 Å². The second-order valence-electron chi connectivity index (χ2n) is 5.04. The molecule has 0 aliphatic heterocycles. The third-order valence-electron chi connectivity index (χ3n) is 3.33. The van der Waals surface area contributed by atoms with E-state index in [0.29, 0.717) is 0 Å². The number of hydrogen-bond donors (Lipinski definition) is 2. The van der Waals surface area contributed by atoms with Crippen LogP contribution in [-0.2, 0) is 6.42 Å². The minimum Gasteiger partial charge on any atom is -0.394 e. The average Bonchev–Trinajstić information content (AvgIpc) is 2.48. The summed E-state index contributed by atoms with van der Waals surface area (Å²) in [5.74, 6) is 0. The zero-order valence-electron chi connectivity index (χ0n) is 11.6. The molecule has 0 spiro atoms. The Morgan fingerprint density at radius 1 is 1.05 bits per heavy atom. The molecular weight excluding hydrogens is 270 g/mol. The Morgan fingerprint density at radius 3 is 2.30 bits per heavy atom. The van der Waals surface area contributed by atoms with Gasteiger partial charge in [-0.25, -0.2) is 0 Å². The van der Waals surface area contributed by atoms with E-state index < -0.39 is 0 Å². The zero-order valence-corrected chi connectivity index (χ0v) is 12.3. The molecule has 2 nitrogen and oxygen atoms in total. The smallest absolute Gasteiger partial charge is 0.0626 e. The van der Waals surface area contributed by atoms with Crippen molar-refractivity contribution in [2.45, 2.75) is 25.4 Å². The second kappa shape index (κ2) is 7.44. The molecule has 0 amide bonds. The van der Waals surface area contributed by atoms with E-state index in [0.717, 1.165) is 17.0 Å². The summed E-state index contributed by atoms with van der Waals surface area (Å²) in [6, 6.07) is 18.2. The molecule has 2 N–H and O–H groups in total. The minimum absolute atomic E-state index is 0.0292. The molecule has 0 saturated heterocycles. The number of halogens is 1. The molecule has 2 rings (SSSR count). The maximum atomic E-state index is 9.55. The van der Waals surface area contributed by atoms with Gasteiger partial charge in [0.15, 0.2) is 0 Å². The van der Waals surface area contributed by atoms with Crippen LogP contribution in [0.25, 0.3) is 0 Å². The molecule has 2 aromatic rings. The third-order valence-corrected chi connectivity index (χ3v) is 3.58. The van der Waals surface area contributed by atoms with E-state index in [1.54, 1.807) is 0 Å². The van der Waals surface area contributed by atoms with Crippen molar-refractivity contribution in [3.05, 3.63) is 70.7 Å². The Balaban J connectivity index is 1.95. The molecule has 0 saturated carbocycles. The van der Waals surface area contributed by atoms with Crippen molar-refractivity contribution >= 4 is 11.6 Å². The van der Waals surface area contributed by atoms with Gasteiger partial charge in [-0.1, -0.05) is 54.1 Å². The van der Waals surface area contributed by atoms with E-state index in [2.05, 4.69) is 12.2 Å². The molecule has 0 aliphatic rings. The molecule has 20 heavy (non-hydrogen) atoms. The molecule has 3 heteroatoms. The first-order valence-corrected chi connectivity index (χ1v) is 7.23. The molecule has 0 aromatic heterocycles. The summed E-state index contributed by atoms with van der Waals surface area (Å²) < 4.78 is 0. The van der Waals surface area contributed by atoms with E-state index in [4.69, 9.17) is 11.6 Å². The maximum absolute atomic E-state index is 9.55. The quantitative estimate of drug-likeness (QED) is 0.852. The number of nitrogens with one attached hydrogen (secondary N) is 1. The van der Waals surface area contributed by atoms with Gasteiger partial charge in [-0.2, -0.15) is 0 Å². The predicted molar refractivity (Wildman–Crippen MR) is 84.0 cm³/mol. The van der Waals surface area contributed by atoms with E-state index in [1.807, 2.05) is 54.6 Å². The molecule has 0 fully saturated rings. The molecule has 0 radical (unpaired) electrons. The monoisotopic (exact) mass is 289 g/mol. The lowest BCUT2D eigenvalue weighted by atomic mass is 10.0. The summed E-state index contributed by atoms with van der Waals surface area (Å²) in [6.07, 6.45) is 0.903. The van der Waals surface area contributed by atoms with Crippen molar-refractivity contribution in [3.8, 4) is 0 Å². The topological polar surface area (TPSA) is 32.3 Å². The van der Waals surface area contributed by atoms with Gasteiger partial charge in [-0.05, 0) is 36.6 Å². The lowest BCUT2D eigenvalue weighted by Crippen LogP contribution is -2.34. The predicted octanol–water partition coefficient (Wildman–Crippen LogP) is 3.59. The fourth-order valence-electron chi connectivity index (χ4n) is 2.32. The summed E-state index contributed by atoms with van der Waals surface area (Å²) in [6.45, 7) is 2.22. The lowest BCUT2D eigenvalue weighted by molar-refractivity contribution is 0.235. The van der Waals surface area contributed by atoms with E-state index in [1.165, 1.54) is 5.56 Å². The van der Waals surface area contributed by atoms with Crippen LogP contribution in [0.4, 0.5) is 0 Å².